The molecule has 124 valence electrons. The first-order chi connectivity index (χ1) is 8.93. The number of rotatable bonds is 7. The number of hydrogen-bond donors (Lipinski definition) is 1. The van der Waals surface area contributed by atoms with Crippen molar-refractivity contribution in [2.75, 3.05) is 20.3 Å². The van der Waals surface area contributed by atoms with E-state index in [9.17, 15) is 26.2 Å². The van der Waals surface area contributed by atoms with Crippen LogP contribution in [0.4, 0.5) is 13.2 Å². The Morgan fingerprint density at radius 2 is 1.45 bits per heavy atom. The predicted molar refractivity (Wildman–Crippen MR) is 57.2 cm³/mol. The van der Waals surface area contributed by atoms with Gasteiger partial charge >= 0.3 is 23.4 Å². The smallest absolute Gasteiger partial charge is 0.299 e. The molecule has 0 aromatic rings. The lowest BCUT2D eigenvalue weighted by Crippen LogP contribution is -2.23. The minimum atomic E-state index is -5.34. The summed E-state index contributed by atoms with van der Waals surface area (Å²) < 4.78 is 74.3. The van der Waals surface area contributed by atoms with Gasteiger partial charge in [0.2, 0.25) is 0 Å². The summed E-state index contributed by atoms with van der Waals surface area (Å²) in [7, 11) is -9.06. The highest BCUT2D eigenvalue weighted by Crippen LogP contribution is 2.43. The molecular weight excluding hydrogens is 336 g/mol. The largest absolute Gasteiger partial charge is 0.526 e. The van der Waals surface area contributed by atoms with Crippen molar-refractivity contribution >= 4 is 17.9 Å². The van der Waals surface area contributed by atoms with Gasteiger partial charge in [-0.3, -0.25) is 9.08 Å². The molecular formula is C6H14F3O9PS. The van der Waals surface area contributed by atoms with Crippen molar-refractivity contribution in [2.45, 2.75) is 19.4 Å². The molecule has 0 aromatic carbocycles. The van der Waals surface area contributed by atoms with Crippen molar-refractivity contribution in [3.63, 3.8) is 0 Å². The van der Waals surface area contributed by atoms with Gasteiger partial charge in [0.05, 0.1) is 20.3 Å². The number of alkyl halides is 3. The SMILES string of the molecule is CCOOP(=O)(O)OOCC.COS(=O)(=O)C(F)(F)F. The van der Waals surface area contributed by atoms with E-state index < -0.39 is 23.4 Å². The number of halogens is 3. The third kappa shape index (κ3) is 10.5. The molecule has 0 saturated carbocycles. The zero-order valence-corrected chi connectivity index (χ0v) is 12.3. The minimum Gasteiger partial charge on any atom is -0.299 e. The zero-order valence-electron chi connectivity index (χ0n) is 10.6. The van der Waals surface area contributed by atoms with Crippen LogP contribution in [0.1, 0.15) is 13.8 Å². The highest BCUT2D eigenvalue weighted by atomic mass is 32.2. The summed E-state index contributed by atoms with van der Waals surface area (Å²) >= 11 is 0. The highest BCUT2D eigenvalue weighted by Gasteiger charge is 2.46. The van der Waals surface area contributed by atoms with Gasteiger partial charge in [0.1, 0.15) is 0 Å². The van der Waals surface area contributed by atoms with Gasteiger partial charge in [0.15, 0.2) is 0 Å². The maximum Gasteiger partial charge on any atom is 0.526 e. The van der Waals surface area contributed by atoms with Crippen LogP contribution in [0.5, 0.6) is 0 Å². The topological polar surface area (TPSA) is 118 Å². The first kappa shape index (κ1) is 22.0. The monoisotopic (exact) mass is 350 g/mol. The Kier molecular flexibility index (Phi) is 10.6. The Hall–Kier alpha value is -0.270. The lowest BCUT2D eigenvalue weighted by molar-refractivity contribution is -0.275. The van der Waals surface area contributed by atoms with Crippen LogP contribution in [0.15, 0.2) is 0 Å². The molecule has 0 aliphatic rings. The van der Waals surface area contributed by atoms with E-state index in [-0.39, 0.29) is 13.2 Å². The standard InChI is InChI=1S/C4H11O6P.C2H3F3O3S/c1-3-7-9-11(5,6)10-8-4-2;1-8-9(6,7)2(3,4)5/h3-4H2,1-2H3,(H,5,6);1H3. The van der Waals surface area contributed by atoms with Gasteiger partial charge in [-0.15, -0.1) is 9.35 Å². The zero-order chi connectivity index (χ0) is 16.4. The fraction of sp³-hybridized carbons (Fsp3) is 1.00. The summed E-state index contributed by atoms with van der Waals surface area (Å²) in [5, 5.41) is 0. The lowest BCUT2D eigenvalue weighted by Gasteiger charge is -2.07. The van der Waals surface area contributed by atoms with Gasteiger partial charge in [0, 0.05) is 0 Å². The first-order valence-electron chi connectivity index (χ1n) is 4.75. The summed E-state index contributed by atoms with van der Waals surface area (Å²) in [6, 6.07) is 0. The molecule has 0 rings (SSSR count). The van der Waals surface area contributed by atoms with Crippen molar-refractivity contribution in [2.24, 2.45) is 0 Å². The van der Waals surface area contributed by atoms with Crippen LogP contribution in [0.25, 0.3) is 0 Å². The van der Waals surface area contributed by atoms with Gasteiger partial charge in [-0.05, 0) is 13.8 Å². The molecule has 0 bridgehead atoms. The van der Waals surface area contributed by atoms with E-state index in [1.165, 1.54) is 0 Å². The minimum absolute atomic E-state index is 0.153. The average molecular weight is 350 g/mol. The first-order valence-corrected chi connectivity index (χ1v) is 7.66. The van der Waals surface area contributed by atoms with Crippen LogP contribution in [0.2, 0.25) is 0 Å². The molecule has 9 nitrogen and oxygen atoms in total. The van der Waals surface area contributed by atoms with Crippen molar-refractivity contribution in [3.8, 4) is 0 Å². The maximum atomic E-state index is 11.1. The molecule has 1 N–H and O–H groups in total. The van der Waals surface area contributed by atoms with Crippen LogP contribution < -0.4 is 0 Å². The molecule has 0 aromatic heterocycles. The van der Waals surface area contributed by atoms with E-state index in [4.69, 9.17) is 4.89 Å². The fourth-order valence-electron chi connectivity index (χ4n) is 0.346. The predicted octanol–water partition coefficient (Wildman–Crippen LogP) is 1.51. The Bertz CT molecular complexity index is 383. The molecule has 0 heterocycles. The summed E-state index contributed by atoms with van der Waals surface area (Å²) in [5.41, 5.74) is -5.30. The van der Waals surface area contributed by atoms with Crippen molar-refractivity contribution < 1.29 is 54.4 Å². The second-order valence-electron chi connectivity index (χ2n) is 2.50. The molecule has 14 heteroatoms. The van der Waals surface area contributed by atoms with E-state index in [1.807, 2.05) is 0 Å². The molecule has 0 radical (unpaired) electrons. The molecule has 0 spiro atoms. The second-order valence-corrected chi connectivity index (χ2v) is 5.44. The Balaban J connectivity index is 0. The lowest BCUT2D eigenvalue weighted by atomic mass is 10.9. The summed E-state index contributed by atoms with van der Waals surface area (Å²) in [4.78, 5) is 17.0. The van der Waals surface area contributed by atoms with Crippen molar-refractivity contribution in [3.05, 3.63) is 0 Å². The average Bonchev–Trinajstić information content (AvgIpc) is 2.33. The third-order valence-electron chi connectivity index (χ3n) is 1.03. The van der Waals surface area contributed by atoms with Crippen molar-refractivity contribution in [1.29, 1.82) is 0 Å². The molecule has 0 amide bonds. The van der Waals surface area contributed by atoms with Crippen LogP contribution in [-0.4, -0.2) is 39.1 Å². The van der Waals surface area contributed by atoms with Gasteiger partial charge in [-0.25, -0.2) is 14.3 Å². The van der Waals surface area contributed by atoms with Crippen LogP contribution in [0.3, 0.4) is 0 Å². The van der Waals surface area contributed by atoms with Gasteiger partial charge in [-0.2, -0.15) is 21.6 Å². The van der Waals surface area contributed by atoms with E-state index in [1.54, 1.807) is 13.8 Å². The van der Waals surface area contributed by atoms with Gasteiger partial charge in [-0.1, -0.05) is 0 Å². The van der Waals surface area contributed by atoms with Crippen LogP contribution in [0, 0.1) is 0 Å². The van der Waals surface area contributed by atoms with Crippen molar-refractivity contribution in [1.82, 2.24) is 0 Å². The molecule has 0 aliphatic heterocycles. The molecule has 0 atom stereocenters. The highest BCUT2D eigenvalue weighted by molar-refractivity contribution is 7.87. The molecule has 0 saturated heterocycles. The van der Waals surface area contributed by atoms with Crippen LogP contribution in [-0.2, 0) is 38.0 Å². The molecule has 0 aliphatic carbocycles. The number of phosphoric acid groups is 1. The van der Waals surface area contributed by atoms with E-state index >= 15 is 0 Å². The quantitative estimate of drug-likeness (QED) is 0.240. The number of hydrogen-bond acceptors (Lipinski definition) is 8. The van der Waals surface area contributed by atoms with Crippen LogP contribution >= 0.6 is 7.82 Å². The second kappa shape index (κ2) is 9.63. The Labute approximate surface area is 113 Å². The normalized spacial score (nSPS) is 12.8. The molecule has 0 unspecified atom stereocenters. The summed E-state index contributed by atoms with van der Waals surface area (Å²) in [6.07, 6.45) is 0. The fourth-order valence-corrected chi connectivity index (χ4v) is 1.04. The van der Waals surface area contributed by atoms with Gasteiger partial charge in [0.25, 0.3) is 0 Å². The molecule has 20 heavy (non-hydrogen) atoms. The third-order valence-corrected chi connectivity index (χ3v) is 2.63. The summed E-state index contributed by atoms with van der Waals surface area (Å²) in [5.74, 6) is 0. The maximum absolute atomic E-state index is 11.1. The van der Waals surface area contributed by atoms with E-state index in [0.29, 0.717) is 7.11 Å². The van der Waals surface area contributed by atoms with E-state index in [2.05, 4.69) is 23.3 Å². The van der Waals surface area contributed by atoms with E-state index in [0.717, 1.165) is 0 Å². The molecule has 0 fully saturated rings. The summed E-state index contributed by atoms with van der Waals surface area (Å²) in [6.45, 7) is 3.50. The Morgan fingerprint density at radius 1 is 1.10 bits per heavy atom. The van der Waals surface area contributed by atoms with Gasteiger partial charge < -0.3 is 0 Å². The Morgan fingerprint density at radius 3 is 1.60 bits per heavy atom.